The van der Waals surface area contributed by atoms with Crippen molar-refractivity contribution < 1.29 is 17.1 Å². The fraction of sp³-hybridized carbons (Fsp3) is 0.500. The SMILES string of the molecule is CCN1[CH]N(C)C=C1.[Mn]. The van der Waals surface area contributed by atoms with Gasteiger partial charge in [-0.3, -0.25) is 0 Å². The maximum atomic E-state index is 2.12. The largest absolute Gasteiger partial charge is 0.356 e. The van der Waals surface area contributed by atoms with E-state index in [4.69, 9.17) is 0 Å². The van der Waals surface area contributed by atoms with Gasteiger partial charge in [0.05, 0.1) is 0 Å². The van der Waals surface area contributed by atoms with Crippen LogP contribution in [0.5, 0.6) is 0 Å². The Labute approximate surface area is 67.0 Å². The summed E-state index contributed by atoms with van der Waals surface area (Å²) in [5.74, 6) is 0. The smallest absolute Gasteiger partial charge is 0.141 e. The Morgan fingerprint density at radius 2 is 2.00 bits per heavy atom. The van der Waals surface area contributed by atoms with Gasteiger partial charge < -0.3 is 9.80 Å². The maximum Gasteiger partial charge on any atom is 0.141 e. The van der Waals surface area contributed by atoms with Gasteiger partial charge in [-0.25, -0.2) is 0 Å². The van der Waals surface area contributed by atoms with Crippen molar-refractivity contribution >= 4 is 0 Å². The quantitative estimate of drug-likeness (QED) is 0.532. The molecule has 9 heavy (non-hydrogen) atoms. The predicted molar refractivity (Wildman–Crippen MR) is 33.6 cm³/mol. The Bertz CT molecular complexity index is 103. The normalized spacial score (nSPS) is 16.2. The Kier molecular flexibility index (Phi) is 3.74. The summed E-state index contributed by atoms with van der Waals surface area (Å²) in [4.78, 5) is 4.16. The first-order valence-electron chi connectivity index (χ1n) is 2.84. The van der Waals surface area contributed by atoms with Crippen molar-refractivity contribution in [2.45, 2.75) is 6.92 Å². The minimum absolute atomic E-state index is 0. The summed E-state index contributed by atoms with van der Waals surface area (Å²) >= 11 is 0. The molecule has 0 saturated heterocycles. The number of hydrogen-bond acceptors (Lipinski definition) is 2. The summed E-state index contributed by atoms with van der Waals surface area (Å²) in [5, 5.41) is 0. The molecule has 52 valence electrons. The van der Waals surface area contributed by atoms with Crippen LogP contribution < -0.4 is 0 Å². The number of rotatable bonds is 1. The molecule has 0 aromatic heterocycles. The summed E-state index contributed by atoms with van der Waals surface area (Å²) in [6.45, 7) is 5.24. The van der Waals surface area contributed by atoms with Crippen molar-refractivity contribution in [1.82, 2.24) is 9.80 Å². The molecule has 1 aliphatic rings. The minimum Gasteiger partial charge on any atom is -0.356 e. The van der Waals surface area contributed by atoms with Crippen LogP contribution in [0, 0.1) is 6.67 Å². The molecule has 0 atom stereocenters. The van der Waals surface area contributed by atoms with E-state index < -0.39 is 0 Å². The van der Waals surface area contributed by atoms with Gasteiger partial charge in [0.1, 0.15) is 6.67 Å². The molecule has 2 radical (unpaired) electrons. The summed E-state index contributed by atoms with van der Waals surface area (Å²) in [5.41, 5.74) is 0. The summed E-state index contributed by atoms with van der Waals surface area (Å²) in [6, 6.07) is 0. The fourth-order valence-electron chi connectivity index (χ4n) is 0.689. The summed E-state index contributed by atoms with van der Waals surface area (Å²) in [6.07, 6.45) is 4.09. The van der Waals surface area contributed by atoms with Crippen LogP contribution in [0.2, 0.25) is 0 Å². The van der Waals surface area contributed by atoms with Gasteiger partial charge in [-0.2, -0.15) is 0 Å². The van der Waals surface area contributed by atoms with E-state index in [1.165, 1.54) is 0 Å². The third-order valence-corrected chi connectivity index (χ3v) is 1.19. The summed E-state index contributed by atoms with van der Waals surface area (Å²) < 4.78 is 0. The van der Waals surface area contributed by atoms with E-state index >= 15 is 0 Å². The van der Waals surface area contributed by atoms with Crippen molar-refractivity contribution in [3.8, 4) is 0 Å². The molecule has 0 unspecified atom stereocenters. The standard InChI is InChI=1S/C6H11N2.Mn/c1-3-8-5-4-7(2)6-8;/h4-6H,3H2,1-2H3;. The second kappa shape index (κ2) is 3.80. The first kappa shape index (κ1) is 8.86. The maximum absolute atomic E-state index is 2.12. The summed E-state index contributed by atoms with van der Waals surface area (Å²) in [7, 11) is 2.02. The monoisotopic (exact) mass is 166 g/mol. The first-order chi connectivity index (χ1) is 3.83. The van der Waals surface area contributed by atoms with Gasteiger partial charge in [-0.15, -0.1) is 0 Å². The van der Waals surface area contributed by atoms with E-state index in [0.717, 1.165) is 6.54 Å². The topological polar surface area (TPSA) is 6.48 Å². The van der Waals surface area contributed by atoms with E-state index in [-0.39, 0.29) is 17.1 Å². The molecule has 0 saturated carbocycles. The van der Waals surface area contributed by atoms with Crippen LogP contribution in [0.15, 0.2) is 12.4 Å². The van der Waals surface area contributed by atoms with Crippen molar-refractivity contribution in [2.75, 3.05) is 13.6 Å². The van der Waals surface area contributed by atoms with Gasteiger partial charge in [0, 0.05) is 43.1 Å². The van der Waals surface area contributed by atoms with E-state index in [2.05, 4.69) is 24.7 Å². The molecule has 0 fully saturated rings. The Hall–Kier alpha value is -0.141. The molecule has 0 bridgehead atoms. The third-order valence-electron chi connectivity index (χ3n) is 1.19. The minimum atomic E-state index is 0. The van der Waals surface area contributed by atoms with Crippen molar-refractivity contribution in [1.29, 1.82) is 0 Å². The molecule has 2 nitrogen and oxygen atoms in total. The molecule has 0 aromatic rings. The molecule has 1 heterocycles. The zero-order valence-corrected chi connectivity index (χ0v) is 6.89. The van der Waals surface area contributed by atoms with Gasteiger partial charge in [-0.05, 0) is 6.92 Å². The number of hydrogen-bond donors (Lipinski definition) is 0. The van der Waals surface area contributed by atoms with E-state index in [0.29, 0.717) is 0 Å². The van der Waals surface area contributed by atoms with Crippen LogP contribution in [0.25, 0.3) is 0 Å². The van der Waals surface area contributed by atoms with Crippen LogP contribution in [0.3, 0.4) is 0 Å². The molecule has 0 amide bonds. The molecular weight excluding hydrogens is 155 g/mol. The average molecular weight is 166 g/mol. The van der Waals surface area contributed by atoms with Gasteiger partial charge in [0.2, 0.25) is 0 Å². The van der Waals surface area contributed by atoms with E-state index in [1.807, 2.05) is 18.1 Å². The van der Waals surface area contributed by atoms with Gasteiger partial charge in [0.15, 0.2) is 0 Å². The van der Waals surface area contributed by atoms with Crippen molar-refractivity contribution in [2.24, 2.45) is 0 Å². The van der Waals surface area contributed by atoms with Crippen LogP contribution in [0.4, 0.5) is 0 Å². The Morgan fingerprint density at radius 3 is 2.22 bits per heavy atom. The molecule has 0 aliphatic carbocycles. The molecule has 0 aromatic carbocycles. The van der Waals surface area contributed by atoms with E-state index in [9.17, 15) is 0 Å². The van der Waals surface area contributed by atoms with Crippen LogP contribution >= 0.6 is 0 Å². The molecule has 3 heteroatoms. The van der Waals surface area contributed by atoms with Crippen LogP contribution in [-0.4, -0.2) is 23.4 Å². The second-order valence-corrected chi connectivity index (χ2v) is 1.91. The average Bonchev–Trinajstić information content (AvgIpc) is 2.14. The number of nitrogens with zero attached hydrogens (tertiary/aromatic N) is 2. The van der Waals surface area contributed by atoms with Crippen molar-refractivity contribution in [3.63, 3.8) is 0 Å². The Balaban J connectivity index is 0.000000640. The zero-order chi connectivity index (χ0) is 5.98. The third kappa shape index (κ3) is 2.29. The van der Waals surface area contributed by atoms with E-state index in [1.54, 1.807) is 0 Å². The van der Waals surface area contributed by atoms with Gasteiger partial charge in [-0.1, -0.05) is 0 Å². The van der Waals surface area contributed by atoms with Crippen LogP contribution in [0.1, 0.15) is 6.92 Å². The molecule has 0 N–H and O–H groups in total. The Morgan fingerprint density at radius 1 is 1.33 bits per heavy atom. The molecule has 0 spiro atoms. The fourth-order valence-corrected chi connectivity index (χ4v) is 0.689. The van der Waals surface area contributed by atoms with Gasteiger partial charge >= 0.3 is 0 Å². The molecular formula is C6H11MnN2. The zero-order valence-electron chi connectivity index (χ0n) is 5.71. The predicted octanol–water partition coefficient (Wildman–Crippen LogP) is 0.842. The van der Waals surface area contributed by atoms with Gasteiger partial charge in [0.25, 0.3) is 0 Å². The first-order valence-corrected chi connectivity index (χ1v) is 2.84. The second-order valence-electron chi connectivity index (χ2n) is 1.91. The van der Waals surface area contributed by atoms with Crippen LogP contribution in [-0.2, 0) is 17.1 Å². The molecule has 1 aliphatic heterocycles. The molecule has 1 rings (SSSR count). The van der Waals surface area contributed by atoms with Crippen molar-refractivity contribution in [3.05, 3.63) is 19.1 Å².